The normalized spacial score (nSPS) is 17.9. The number of rotatable bonds is 10. The zero-order valence-corrected chi connectivity index (χ0v) is 21.0. The smallest absolute Gasteiger partial charge is 0.180 e. The summed E-state index contributed by atoms with van der Waals surface area (Å²) in [7, 11) is 0. The number of anilines is 2. The number of ether oxygens (including phenoxy) is 1. The highest BCUT2D eigenvalue weighted by Crippen LogP contribution is 2.26. The molecule has 5 rings (SSSR count). The summed E-state index contributed by atoms with van der Waals surface area (Å²) < 4.78 is 5.86. The first-order chi connectivity index (χ1) is 17.1. The van der Waals surface area contributed by atoms with Gasteiger partial charge in [0.2, 0.25) is 0 Å². The number of aromatic nitrogens is 1. The molecular formula is C26H34N6O2S. The maximum atomic E-state index is 5.86. The van der Waals surface area contributed by atoms with Gasteiger partial charge in [-0.05, 0) is 60.7 Å². The summed E-state index contributed by atoms with van der Waals surface area (Å²) in [4.78, 5) is 12.2. The molecule has 2 aliphatic rings. The van der Waals surface area contributed by atoms with Gasteiger partial charge >= 0.3 is 0 Å². The molecule has 2 saturated heterocycles. The summed E-state index contributed by atoms with van der Waals surface area (Å²) >= 11 is 1.39. The molecule has 0 spiro atoms. The van der Waals surface area contributed by atoms with Crippen LogP contribution < -0.4 is 21.1 Å². The Hall–Kier alpha value is -2.88. The quantitative estimate of drug-likeness (QED) is 0.224. The number of nitrogens with zero attached hydrogens (tertiary/aromatic N) is 3. The summed E-state index contributed by atoms with van der Waals surface area (Å²) in [5.74, 6) is 1.68. The Morgan fingerprint density at radius 2 is 1.97 bits per heavy atom. The number of thiazole rings is 1. The van der Waals surface area contributed by atoms with E-state index in [0.29, 0.717) is 30.1 Å². The van der Waals surface area contributed by atoms with Gasteiger partial charge in [-0.2, -0.15) is 0 Å². The molecule has 3 heterocycles. The van der Waals surface area contributed by atoms with Crippen LogP contribution in [0.3, 0.4) is 0 Å². The van der Waals surface area contributed by atoms with E-state index in [0.717, 1.165) is 22.7 Å². The summed E-state index contributed by atoms with van der Waals surface area (Å²) in [6.07, 6.45) is 2.41. The highest BCUT2D eigenvalue weighted by Gasteiger charge is 2.24. The molecule has 1 aromatic heterocycles. The van der Waals surface area contributed by atoms with Gasteiger partial charge in [-0.1, -0.05) is 17.3 Å². The van der Waals surface area contributed by atoms with E-state index >= 15 is 0 Å². The number of fused-ring (bicyclic) bond motifs is 1. The van der Waals surface area contributed by atoms with Crippen LogP contribution in [0.4, 0.5) is 10.8 Å². The molecule has 0 aliphatic carbocycles. The SMILES string of the molecule is C/C(=N\OCCOc1ccc2cc(NC3CCN(CC4CNC4)CC3)ccc2c1)c1csc(N)n1. The lowest BCUT2D eigenvalue weighted by atomic mass is 9.99. The Kier molecular flexibility index (Phi) is 7.66. The van der Waals surface area contributed by atoms with E-state index in [-0.39, 0.29) is 0 Å². The molecule has 35 heavy (non-hydrogen) atoms. The van der Waals surface area contributed by atoms with Crippen LogP contribution in [0, 0.1) is 5.92 Å². The third-order valence-electron chi connectivity index (χ3n) is 6.69. The summed E-state index contributed by atoms with van der Waals surface area (Å²) in [6, 6.07) is 13.3. The number of piperidine rings is 1. The van der Waals surface area contributed by atoms with Crippen LogP contribution in [0.5, 0.6) is 5.75 Å². The van der Waals surface area contributed by atoms with E-state index in [9.17, 15) is 0 Å². The number of likely N-dealkylation sites (tertiary alicyclic amines) is 1. The highest BCUT2D eigenvalue weighted by atomic mass is 32.1. The van der Waals surface area contributed by atoms with Gasteiger partial charge in [0.15, 0.2) is 11.7 Å². The van der Waals surface area contributed by atoms with E-state index in [1.165, 1.54) is 68.0 Å². The van der Waals surface area contributed by atoms with E-state index in [1.807, 2.05) is 18.4 Å². The zero-order chi connectivity index (χ0) is 24.0. The Morgan fingerprint density at radius 3 is 2.71 bits per heavy atom. The fraction of sp³-hybridized carbons (Fsp3) is 0.462. The van der Waals surface area contributed by atoms with Crippen molar-refractivity contribution in [1.29, 1.82) is 0 Å². The van der Waals surface area contributed by atoms with Crippen LogP contribution in [0.2, 0.25) is 0 Å². The van der Waals surface area contributed by atoms with Gasteiger partial charge < -0.3 is 30.8 Å². The molecule has 0 radical (unpaired) electrons. The first-order valence-electron chi connectivity index (χ1n) is 12.4. The molecule has 2 fully saturated rings. The van der Waals surface area contributed by atoms with E-state index in [1.54, 1.807) is 0 Å². The van der Waals surface area contributed by atoms with Crippen molar-refractivity contribution in [3.05, 3.63) is 47.5 Å². The Balaban J connectivity index is 1.07. The standard InChI is InChI=1S/C26H34N6O2S/c1-18(25-17-35-26(27)30-25)31-34-11-10-33-24-5-3-20-12-23(4-2-21(20)13-24)29-22-6-8-32(9-7-22)16-19-14-28-15-19/h2-5,12-13,17,19,22,28-29H,6-11,14-16H2,1H3,(H2,27,30)/b31-18+. The van der Waals surface area contributed by atoms with Crippen molar-refractivity contribution in [1.82, 2.24) is 15.2 Å². The van der Waals surface area contributed by atoms with Crippen LogP contribution in [-0.2, 0) is 4.84 Å². The third kappa shape index (κ3) is 6.42. The topological polar surface area (TPSA) is 97.0 Å². The number of nitrogens with one attached hydrogen (secondary N) is 2. The molecule has 2 aromatic carbocycles. The zero-order valence-electron chi connectivity index (χ0n) is 20.2. The summed E-state index contributed by atoms with van der Waals surface area (Å²) in [6.45, 7) is 8.63. The van der Waals surface area contributed by atoms with Crippen molar-refractivity contribution in [3.8, 4) is 5.75 Å². The molecular weight excluding hydrogens is 460 g/mol. The number of hydrogen-bond donors (Lipinski definition) is 3. The molecule has 4 N–H and O–H groups in total. The van der Waals surface area contributed by atoms with Gasteiger partial charge in [-0.15, -0.1) is 11.3 Å². The third-order valence-corrected chi connectivity index (χ3v) is 7.36. The van der Waals surface area contributed by atoms with Gasteiger partial charge in [0.1, 0.15) is 23.8 Å². The molecule has 186 valence electrons. The van der Waals surface area contributed by atoms with Crippen LogP contribution in [0.15, 0.2) is 46.9 Å². The molecule has 8 nitrogen and oxygen atoms in total. The van der Waals surface area contributed by atoms with Crippen LogP contribution >= 0.6 is 11.3 Å². The fourth-order valence-electron chi connectivity index (χ4n) is 4.58. The molecule has 0 saturated carbocycles. The highest BCUT2D eigenvalue weighted by molar-refractivity contribution is 7.13. The monoisotopic (exact) mass is 494 g/mol. The van der Waals surface area contributed by atoms with Crippen molar-refractivity contribution in [2.24, 2.45) is 11.1 Å². The van der Waals surface area contributed by atoms with Crippen LogP contribution in [-0.4, -0.2) is 67.6 Å². The number of benzene rings is 2. The molecule has 0 bridgehead atoms. The second-order valence-corrected chi connectivity index (χ2v) is 10.3. The van der Waals surface area contributed by atoms with Gasteiger partial charge in [-0.3, -0.25) is 0 Å². The minimum atomic E-state index is 0.355. The minimum Gasteiger partial charge on any atom is -0.490 e. The maximum absolute atomic E-state index is 5.86. The fourth-order valence-corrected chi connectivity index (χ4v) is 5.19. The molecule has 0 amide bonds. The van der Waals surface area contributed by atoms with Crippen LogP contribution in [0.1, 0.15) is 25.5 Å². The Bertz CT molecular complexity index is 1150. The lowest BCUT2D eigenvalue weighted by Crippen LogP contribution is -2.50. The number of nitrogen functional groups attached to an aromatic ring is 1. The maximum Gasteiger partial charge on any atom is 0.180 e. The van der Waals surface area contributed by atoms with Crippen LogP contribution in [0.25, 0.3) is 10.8 Å². The van der Waals surface area contributed by atoms with Gasteiger partial charge in [0.25, 0.3) is 0 Å². The predicted molar refractivity (Wildman–Crippen MR) is 144 cm³/mol. The second kappa shape index (κ2) is 11.2. The number of oxime groups is 1. The lowest BCUT2D eigenvalue weighted by Gasteiger charge is -2.37. The minimum absolute atomic E-state index is 0.355. The molecule has 2 aliphatic heterocycles. The second-order valence-electron chi connectivity index (χ2n) is 9.40. The summed E-state index contributed by atoms with van der Waals surface area (Å²) in [5.41, 5.74) is 8.28. The molecule has 9 heteroatoms. The van der Waals surface area contributed by atoms with Crippen molar-refractivity contribution in [3.63, 3.8) is 0 Å². The Labute approximate surface area is 210 Å². The summed E-state index contributed by atoms with van der Waals surface area (Å²) in [5, 5.41) is 16.0. The van der Waals surface area contributed by atoms with E-state index < -0.39 is 0 Å². The number of hydrogen-bond acceptors (Lipinski definition) is 9. The first-order valence-corrected chi connectivity index (χ1v) is 13.2. The van der Waals surface area contributed by atoms with Crippen molar-refractivity contribution >= 4 is 38.6 Å². The van der Waals surface area contributed by atoms with E-state index in [2.05, 4.69) is 56.0 Å². The van der Waals surface area contributed by atoms with Crippen molar-refractivity contribution < 1.29 is 9.57 Å². The lowest BCUT2D eigenvalue weighted by molar-refractivity contribution is 0.107. The Morgan fingerprint density at radius 1 is 1.17 bits per heavy atom. The van der Waals surface area contributed by atoms with Crippen molar-refractivity contribution in [2.45, 2.75) is 25.8 Å². The van der Waals surface area contributed by atoms with Crippen molar-refractivity contribution in [2.75, 3.05) is 57.0 Å². The molecule has 0 unspecified atom stereocenters. The molecule has 0 atom stereocenters. The number of nitrogens with two attached hydrogens (primary N) is 1. The predicted octanol–water partition coefficient (Wildman–Crippen LogP) is 3.79. The van der Waals surface area contributed by atoms with Gasteiger partial charge in [0, 0.05) is 49.8 Å². The van der Waals surface area contributed by atoms with E-state index in [4.69, 9.17) is 15.3 Å². The average molecular weight is 495 g/mol. The van der Waals surface area contributed by atoms with Gasteiger partial charge in [-0.25, -0.2) is 4.98 Å². The first kappa shape index (κ1) is 23.8. The largest absolute Gasteiger partial charge is 0.490 e. The molecule has 3 aromatic rings. The van der Waals surface area contributed by atoms with Gasteiger partial charge in [0.05, 0.1) is 0 Å². The average Bonchev–Trinajstić information content (AvgIpc) is 3.28.